The molecule has 0 bridgehead atoms. The molecule has 38 heavy (non-hydrogen) atoms. The minimum absolute atomic E-state index is 0.0256. The molecule has 1 atom stereocenters. The number of carbonyl (C=O) groups excluding carboxylic acids is 2. The van der Waals surface area contributed by atoms with Crippen LogP contribution < -0.4 is 10.6 Å². The van der Waals surface area contributed by atoms with E-state index in [0.717, 1.165) is 24.3 Å². The number of halogens is 1. The fourth-order valence-corrected chi connectivity index (χ4v) is 3.45. The number of nitrogens with zero attached hydrogens (tertiary/aromatic N) is 4. The largest absolute Gasteiger partial charge is 0.478 e. The number of hydrogen-bond donors (Lipinski definition) is 4. The number of aldehydes is 1. The van der Waals surface area contributed by atoms with Gasteiger partial charge in [0.2, 0.25) is 0 Å². The summed E-state index contributed by atoms with van der Waals surface area (Å²) >= 11 is 0. The van der Waals surface area contributed by atoms with E-state index in [1.54, 1.807) is 0 Å². The van der Waals surface area contributed by atoms with Gasteiger partial charge in [-0.3, -0.25) is 20.0 Å². The first kappa shape index (κ1) is 25.4. The van der Waals surface area contributed by atoms with Crippen LogP contribution in [0.1, 0.15) is 16.1 Å². The van der Waals surface area contributed by atoms with Gasteiger partial charge in [-0.05, 0) is 24.3 Å². The Morgan fingerprint density at radius 3 is 2.66 bits per heavy atom. The van der Waals surface area contributed by atoms with Gasteiger partial charge in [0.05, 0.1) is 39.6 Å². The standard InChI is InChI=1S/C22H15FN6O9/c23-12-2-1-10(20(31)32)3-13(12)27-22(35)38-8-11-6-28(9-24-11)17-4-15-14(5-18(17)29(36)37)25-16(7-30)19(26-15)21(33)34/h1-7,9,16,25H,8H2,(H,27,35)(H,31,32)(H,33,34). The minimum atomic E-state index is -1.45. The number of aromatic carboxylic acids is 1. The van der Waals surface area contributed by atoms with Crippen LogP contribution in [0, 0.1) is 15.9 Å². The third-order valence-corrected chi connectivity index (χ3v) is 5.21. The maximum Gasteiger partial charge on any atom is 0.412 e. The molecular weight excluding hydrogens is 511 g/mol. The summed E-state index contributed by atoms with van der Waals surface area (Å²) in [4.78, 5) is 64.7. The van der Waals surface area contributed by atoms with Gasteiger partial charge in [0.1, 0.15) is 30.4 Å². The van der Waals surface area contributed by atoms with E-state index < -0.39 is 58.5 Å². The predicted molar refractivity (Wildman–Crippen MR) is 126 cm³/mol. The number of rotatable bonds is 8. The van der Waals surface area contributed by atoms with Gasteiger partial charge in [0.25, 0.3) is 5.69 Å². The molecule has 0 aliphatic carbocycles. The molecule has 0 radical (unpaired) electrons. The van der Waals surface area contributed by atoms with Gasteiger partial charge >= 0.3 is 18.0 Å². The molecule has 194 valence electrons. The lowest BCUT2D eigenvalue weighted by Gasteiger charge is -2.21. The third-order valence-electron chi connectivity index (χ3n) is 5.21. The van der Waals surface area contributed by atoms with Crippen LogP contribution in [0.25, 0.3) is 5.69 Å². The summed E-state index contributed by atoms with van der Waals surface area (Å²) in [5.41, 5.74) is -1.43. The number of nitrogens with one attached hydrogen (secondary N) is 2. The van der Waals surface area contributed by atoms with Crippen molar-refractivity contribution in [2.45, 2.75) is 12.6 Å². The van der Waals surface area contributed by atoms with E-state index in [4.69, 9.17) is 9.84 Å². The van der Waals surface area contributed by atoms with Gasteiger partial charge in [-0.1, -0.05) is 0 Å². The van der Waals surface area contributed by atoms with E-state index in [9.17, 15) is 38.8 Å². The van der Waals surface area contributed by atoms with E-state index in [0.29, 0.717) is 6.29 Å². The molecule has 0 fully saturated rings. The normalized spacial score (nSPS) is 13.9. The highest BCUT2D eigenvalue weighted by molar-refractivity contribution is 6.42. The molecule has 15 nitrogen and oxygen atoms in total. The van der Waals surface area contributed by atoms with Crippen molar-refractivity contribution < 1.29 is 43.4 Å². The summed E-state index contributed by atoms with van der Waals surface area (Å²) in [6, 6.07) is 3.81. The summed E-state index contributed by atoms with van der Waals surface area (Å²) < 4.78 is 20.1. The van der Waals surface area contributed by atoms with Crippen molar-refractivity contribution in [2.24, 2.45) is 4.99 Å². The minimum Gasteiger partial charge on any atom is -0.478 e. The quantitative estimate of drug-likeness (QED) is 0.190. The Balaban J connectivity index is 1.54. The highest BCUT2D eigenvalue weighted by Crippen LogP contribution is 2.38. The van der Waals surface area contributed by atoms with Crippen molar-refractivity contribution >= 4 is 52.8 Å². The Kier molecular flexibility index (Phi) is 6.78. The molecule has 4 rings (SSSR count). The van der Waals surface area contributed by atoms with Gasteiger partial charge in [-0.2, -0.15) is 0 Å². The van der Waals surface area contributed by atoms with Crippen molar-refractivity contribution in [2.75, 3.05) is 10.6 Å². The lowest BCUT2D eigenvalue weighted by atomic mass is 10.1. The Morgan fingerprint density at radius 2 is 2.00 bits per heavy atom. The van der Waals surface area contributed by atoms with Crippen molar-refractivity contribution in [3.05, 3.63) is 70.0 Å². The number of anilines is 2. The van der Waals surface area contributed by atoms with Gasteiger partial charge < -0.3 is 25.1 Å². The number of ether oxygens (including phenoxy) is 1. The molecule has 0 spiro atoms. The number of hydrogen-bond acceptors (Lipinski definition) is 10. The van der Waals surface area contributed by atoms with Crippen LogP contribution in [0.5, 0.6) is 0 Å². The Hall–Kier alpha value is -5.67. The monoisotopic (exact) mass is 526 g/mol. The van der Waals surface area contributed by atoms with E-state index in [-0.39, 0.29) is 28.3 Å². The second-order valence-electron chi connectivity index (χ2n) is 7.65. The SMILES string of the molecule is O=CC1Nc2cc([N+](=O)[O-])c(-n3cnc(COC(=O)Nc4cc(C(=O)O)ccc4F)c3)cc2N=C1C(=O)O. The van der Waals surface area contributed by atoms with Crippen LogP contribution in [0.3, 0.4) is 0 Å². The van der Waals surface area contributed by atoms with Crippen LogP contribution in [0.2, 0.25) is 0 Å². The van der Waals surface area contributed by atoms with Gasteiger partial charge in [0.15, 0.2) is 5.71 Å². The molecule has 1 amide bonds. The molecule has 16 heteroatoms. The second kappa shape index (κ2) is 10.1. The number of carboxylic acids is 2. The molecule has 1 aliphatic rings. The maximum absolute atomic E-state index is 13.9. The van der Waals surface area contributed by atoms with Crippen molar-refractivity contribution in [1.29, 1.82) is 0 Å². The summed E-state index contributed by atoms with van der Waals surface area (Å²) in [6.07, 6.45) is 1.66. The molecule has 1 aromatic heterocycles. The summed E-state index contributed by atoms with van der Waals surface area (Å²) in [5.74, 6) is -3.67. The van der Waals surface area contributed by atoms with Crippen LogP contribution in [-0.4, -0.2) is 60.8 Å². The van der Waals surface area contributed by atoms with Crippen molar-refractivity contribution in [1.82, 2.24) is 9.55 Å². The zero-order chi connectivity index (χ0) is 27.6. The topological polar surface area (TPSA) is 215 Å². The number of aromatic nitrogens is 2. The first-order valence-corrected chi connectivity index (χ1v) is 10.4. The average Bonchev–Trinajstić information content (AvgIpc) is 3.35. The van der Waals surface area contributed by atoms with Crippen LogP contribution in [-0.2, 0) is 20.9 Å². The highest BCUT2D eigenvalue weighted by Gasteiger charge is 2.30. The molecule has 0 saturated heterocycles. The van der Waals surface area contributed by atoms with Crippen LogP contribution >= 0.6 is 0 Å². The van der Waals surface area contributed by atoms with E-state index in [1.807, 2.05) is 0 Å². The first-order chi connectivity index (χ1) is 18.1. The van der Waals surface area contributed by atoms with Crippen LogP contribution in [0.15, 0.2) is 47.8 Å². The number of benzene rings is 2. The summed E-state index contributed by atoms with van der Waals surface area (Å²) in [5, 5.41) is 34.7. The Bertz CT molecular complexity index is 1530. The smallest absolute Gasteiger partial charge is 0.412 e. The number of aliphatic carboxylic acids is 1. The zero-order valence-corrected chi connectivity index (χ0v) is 18.8. The number of carbonyl (C=O) groups is 4. The Labute approximate surface area is 210 Å². The number of nitro benzene ring substituents is 1. The number of aliphatic imine (C=N–C) groups is 1. The van der Waals surface area contributed by atoms with Crippen molar-refractivity contribution in [3.8, 4) is 5.69 Å². The lowest BCUT2D eigenvalue weighted by Crippen LogP contribution is -2.38. The van der Waals surface area contributed by atoms with Gasteiger partial charge in [-0.15, -0.1) is 0 Å². The molecule has 0 saturated carbocycles. The summed E-state index contributed by atoms with van der Waals surface area (Å²) in [7, 11) is 0. The van der Waals surface area contributed by atoms with E-state index in [1.165, 1.54) is 23.2 Å². The molecule has 2 heterocycles. The average molecular weight is 526 g/mol. The predicted octanol–water partition coefficient (Wildman–Crippen LogP) is 2.52. The molecule has 1 aliphatic heterocycles. The molecule has 2 aromatic carbocycles. The van der Waals surface area contributed by atoms with Crippen LogP contribution in [0.4, 0.5) is 31.9 Å². The number of nitro groups is 1. The lowest BCUT2D eigenvalue weighted by molar-refractivity contribution is -0.384. The first-order valence-electron chi connectivity index (χ1n) is 10.4. The van der Waals surface area contributed by atoms with Crippen molar-refractivity contribution in [3.63, 3.8) is 0 Å². The highest BCUT2D eigenvalue weighted by atomic mass is 19.1. The third kappa shape index (κ3) is 5.13. The number of fused-ring (bicyclic) bond motifs is 1. The van der Waals surface area contributed by atoms with Gasteiger partial charge in [0, 0.05) is 12.3 Å². The number of carboxylic acid groups (broad SMARTS) is 2. The number of amides is 1. The fourth-order valence-electron chi connectivity index (χ4n) is 3.45. The second-order valence-corrected chi connectivity index (χ2v) is 7.65. The summed E-state index contributed by atoms with van der Waals surface area (Å²) in [6.45, 7) is -0.443. The van der Waals surface area contributed by atoms with E-state index in [2.05, 4.69) is 20.6 Å². The molecule has 1 unspecified atom stereocenters. The zero-order valence-electron chi connectivity index (χ0n) is 18.8. The molecular formula is C22H15FN6O9. The number of imidazole rings is 1. The molecule has 4 N–H and O–H groups in total. The van der Waals surface area contributed by atoms with E-state index >= 15 is 0 Å². The molecule has 3 aromatic rings. The maximum atomic E-state index is 13.9. The fraction of sp³-hybridized carbons (Fsp3) is 0.0909. The van der Waals surface area contributed by atoms with Gasteiger partial charge in [-0.25, -0.2) is 28.8 Å². The Morgan fingerprint density at radius 1 is 1.24 bits per heavy atom.